The normalized spacial score (nSPS) is 13.0. The van der Waals surface area contributed by atoms with Crippen LogP contribution in [0.3, 0.4) is 0 Å². The molecule has 0 atom stereocenters. The van der Waals surface area contributed by atoms with Crippen LogP contribution in [0.4, 0.5) is 6.01 Å². The van der Waals surface area contributed by atoms with Gasteiger partial charge < -0.3 is 13.9 Å². The van der Waals surface area contributed by atoms with Crippen LogP contribution in [0.15, 0.2) is 34.9 Å². The average Bonchev–Trinajstić information content (AvgIpc) is 3.31. The third-order valence-electron chi connectivity index (χ3n) is 3.83. The van der Waals surface area contributed by atoms with Gasteiger partial charge in [-0.25, -0.2) is 0 Å². The summed E-state index contributed by atoms with van der Waals surface area (Å²) in [5.74, 6) is 1.21. The smallest absolute Gasteiger partial charge is 0.322 e. The Morgan fingerprint density at radius 3 is 2.77 bits per heavy atom. The Balaban J connectivity index is 1.53. The maximum absolute atomic E-state index is 12.4. The summed E-state index contributed by atoms with van der Waals surface area (Å²) < 4.78 is 18.2. The molecule has 26 heavy (non-hydrogen) atoms. The maximum atomic E-state index is 12.4. The number of benzene rings is 1. The quantitative estimate of drug-likeness (QED) is 0.767. The molecule has 9 heteroatoms. The molecular weight excluding hydrogens is 338 g/mol. The number of fused-ring (bicyclic) bond motifs is 1. The van der Waals surface area contributed by atoms with Gasteiger partial charge in [-0.15, -0.1) is 5.10 Å². The number of hydrogen-bond donors (Lipinski definition) is 1. The van der Waals surface area contributed by atoms with Gasteiger partial charge in [0.2, 0.25) is 5.89 Å². The second-order valence-electron chi connectivity index (χ2n) is 5.98. The summed E-state index contributed by atoms with van der Waals surface area (Å²) in [5, 5.41) is 14.6. The lowest BCUT2D eigenvalue weighted by Crippen LogP contribution is -2.19. The van der Waals surface area contributed by atoms with E-state index in [-0.39, 0.29) is 23.9 Å². The topological polar surface area (TPSA) is 104 Å². The fourth-order valence-electron chi connectivity index (χ4n) is 2.63. The molecule has 1 N–H and O–H groups in total. The highest BCUT2D eigenvalue weighted by atomic mass is 16.6. The van der Waals surface area contributed by atoms with Crippen molar-refractivity contribution in [2.24, 2.45) is 0 Å². The van der Waals surface area contributed by atoms with Crippen molar-refractivity contribution in [3.63, 3.8) is 0 Å². The van der Waals surface area contributed by atoms with Crippen LogP contribution in [0.1, 0.15) is 30.4 Å². The van der Waals surface area contributed by atoms with Crippen LogP contribution in [0.25, 0.3) is 11.5 Å². The summed E-state index contributed by atoms with van der Waals surface area (Å²) in [6.45, 7) is 4.90. The van der Waals surface area contributed by atoms with Crippen LogP contribution in [0.5, 0.6) is 11.5 Å². The van der Waals surface area contributed by atoms with Crippen molar-refractivity contribution < 1.29 is 18.7 Å². The molecule has 3 aromatic rings. The molecule has 4 rings (SSSR count). The Kier molecular flexibility index (Phi) is 4.04. The van der Waals surface area contributed by atoms with Crippen LogP contribution >= 0.6 is 0 Å². The Morgan fingerprint density at radius 1 is 1.15 bits per heavy atom. The molecule has 0 saturated heterocycles. The minimum atomic E-state index is -0.367. The predicted molar refractivity (Wildman–Crippen MR) is 91.3 cm³/mol. The van der Waals surface area contributed by atoms with Gasteiger partial charge in [0.25, 0.3) is 5.91 Å². The first-order chi connectivity index (χ1) is 12.6. The second kappa shape index (κ2) is 6.51. The van der Waals surface area contributed by atoms with E-state index in [1.54, 1.807) is 35.1 Å². The van der Waals surface area contributed by atoms with Gasteiger partial charge in [-0.2, -0.15) is 5.10 Å². The third kappa shape index (κ3) is 2.99. The molecule has 0 fully saturated rings. The van der Waals surface area contributed by atoms with E-state index in [2.05, 4.69) is 20.6 Å². The molecule has 1 aliphatic rings. The molecule has 0 saturated carbocycles. The molecule has 0 unspecified atom stereocenters. The number of ether oxygens (including phenoxy) is 2. The van der Waals surface area contributed by atoms with Crippen molar-refractivity contribution >= 4 is 11.9 Å². The monoisotopic (exact) mass is 355 g/mol. The fraction of sp³-hybridized carbons (Fsp3) is 0.294. The number of carbonyl (C=O) groups excluding carboxylic acids is 1. The number of rotatable bonds is 4. The van der Waals surface area contributed by atoms with E-state index in [4.69, 9.17) is 13.9 Å². The van der Waals surface area contributed by atoms with E-state index in [0.717, 1.165) is 0 Å². The standard InChI is InChI=1S/C17H17N5O4/c1-10(2)22-12(5-6-18-22)15(23)19-17-21-20-16(26-17)11-3-4-13-14(9-11)25-8-7-24-13/h3-6,9-10H,7-8H2,1-2H3,(H,19,21,23). The van der Waals surface area contributed by atoms with E-state index in [9.17, 15) is 4.79 Å². The summed E-state index contributed by atoms with van der Waals surface area (Å²) in [6, 6.07) is 7.04. The second-order valence-corrected chi connectivity index (χ2v) is 5.98. The lowest BCUT2D eigenvalue weighted by Gasteiger charge is -2.18. The minimum absolute atomic E-state index is 0.0106. The van der Waals surface area contributed by atoms with Gasteiger partial charge in [0, 0.05) is 17.8 Å². The highest BCUT2D eigenvalue weighted by Gasteiger charge is 2.19. The highest BCUT2D eigenvalue weighted by Crippen LogP contribution is 2.34. The number of amides is 1. The van der Waals surface area contributed by atoms with Crippen LogP contribution < -0.4 is 14.8 Å². The van der Waals surface area contributed by atoms with E-state index in [1.165, 1.54) is 0 Å². The molecule has 1 amide bonds. The number of aromatic nitrogens is 4. The molecule has 2 aromatic heterocycles. The van der Waals surface area contributed by atoms with Crippen LogP contribution in [0, 0.1) is 0 Å². The highest BCUT2D eigenvalue weighted by molar-refractivity contribution is 6.01. The minimum Gasteiger partial charge on any atom is -0.486 e. The van der Waals surface area contributed by atoms with E-state index in [1.807, 2.05) is 13.8 Å². The van der Waals surface area contributed by atoms with Crippen LogP contribution in [-0.2, 0) is 0 Å². The third-order valence-corrected chi connectivity index (χ3v) is 3.83. The molecule has 3 heterocycles. The van der Waals surface area contributed by atoms with Crippen molar-refractivity contribution in [3.05, 3.63) is 36.2 Å². The first kappa shape index (κ1) is 16.1. The Morgan fingerprint density at radius 2 is 1.96 bits per heavy atom. The molecule has 0 spiro atoms. The van der Waals surface area contributed by atoms with E-state index < -0.39 is 0 Å². The summed E-state index contributed by atoms with van der Waals surface area (Å²) in [5.41, 5.74) is 1.09. The first-order valence-electron chi connectivity index (χ1n) is 8.20. The molecule has 1 aliphatic heterocycles. The first-order valence-corrected chi connectivity index (χ1v) is 8.20. The zero-order valence-corrected chi connectivity index (χ0v) is 14.3. The van der Waals surface area contributed by atoms with Gasteiger partial charge in [-0.1, -0.05) is 5.10 Å². The summed E-state index contributed by atoms with van der Waals surface area (Å²) in [7, 11) is 0. The molecular formula is C17H17N5O4. The number of carbonyl (C=O) groups is 1. The van der Waals surface area contributed by atoms with Gasteiger partial charge in [-0.05, 0) is 38.1 Å². The van der Waals surface area contributed by atoms with Gasteiger partial charge in [0.1, 0.15) is 18.9 Å². The zero-order chi connectivity index (χ0) is 18.1. The molecule has 9 nitrogen and oxygen atoms in total. The SMILES string of the molecule is CC(C)n1nccc1C(=O)Nc1nnc(-c2ccc3c(c2)OCCO3)o1. The molecule has 0 bridgehead atoms. The Hall–Kier alpha value is -3.36. The van der Waals surface area contributed by atoms with Gasteiger partial charge in [0.15, 0.2) is 11.5 Å². The van der Waals surface area contributed by atoms with Crippen LogP contribution in [0.2, 0.25) is 0 Å². The number of nitrogens with zero attached hydrogens (tertiary/aromatic N) is 4. The largest absolute Gasteiger partial charge is 0.486 e. The van der Waals surface area contributed by atoms with E-state index >= 15 is 0 Å². The Labute approximate surface area is 148 Å². The summed E-state index contributed by atoms with van der Waals surface area (Å²) >= 11 is 0. The van der Waals surface area contributed by atoms with Crippen molar-refractivity contribution in [1.82, 2.24) is 20.0 Å². The average molecular weight is 355 g/mol. The van der Waals surface area contributed by atoms with Crippen molar-refractivity contribution in [2.75, 3.05) is 18.5 Å². The van der Waals surface area contributed by atoms with Gasteiger partial charge in [-0.3, -0.25) is 14.8 Å². The van der Waals surface area contributed by atoms with Crippen molar-refractivity contribution in [3.8, 4) is 23.0 Å². The number of nitrogens with one attached hydrogen (secondary N) is 1. The molecule has 0 aliphatic carbocycles. The van der Waals surface area contributed by atoms with Gasteiger partial charge in [0.05, 0.1) is 0 Å². The lowest BCUT2D eigenvalue weighted by atomic mass is 10.2. The fourth-order valence-corrected chi connectivity index (χ4v) is 2.63. The van der Waals surface area contributed by atoms with Crippen LogP contribution in [-0.4, -0.2) is 39.1 Å². The summed E-state index contributed by atoms with van der Waals surface area (Å²) in [4.78, 5) is 12.4. The Bertz CT molecular complexity index is 946. The zero-order valence-electron chi connectivity index (χ0n) is 14.3. The van der Waals surface area contributed by atoms with Crippen molar-refractivity contribution in [1.29, 1.82) is 0 Å². The molecule has 134 valence electrons. The lowest BCUT2D eigenvalue weighted by molar-refractivity contribution is 0.101. The van der Waals surface area contributed by atoms with Gasteiger partial charge >= 0.3 is 6.01 Å². The number of hydrogen-bond acceptors (Lipinski definition) is 7. The number of anilines is 1. The maximum Gasteiger partial charge on any atom is 0.322 e. The van der Waals surface area contributed by atoms with E-state index in [0.29, 0.717) is 36.0 Å². The predicted octanol–water partition coefficient (Wildman–Crippen LogP) is 2.54. The molecule has 1 aromatic carbocycles. The van der Waals surface area contributed by atoms with Crippen molar-refractivity contribution in [2.45, 2.75) is 19.9 Å². The molecule has 0 radical (unpaired) electrons. The summed E-state index contributed by atoms with van der Waals surface area (Å²) in [6.07, 6.45) is 1.57.